The van der Waals surface area contributed by atoms with Gasteiger partial charge in [0.1, 0.15) is 5.02 Å². The van der Waals surface area contributed by atoms with Crippen LogP contribution in [0.4, 0.5) is 11.4 Å². The lowest BCUT2D eigenvalue weighted by atomic mass is 9.72. The third-order valence-electron chi connectivity index (χ3n) is 4.75. The average molecular weight is 375 g/mol. The van der Waals surface area contributed by atoms with Crippen LogP contribution >= 0.6 is 11.6 Å². The Balaban J connectivity index is 2.00. The Labute approximate surface area is 156 Å². The van der Waals surface area contributed by atoms with Gasteiger partial charge in [-0.05, 0) is 47.2 Å². The van der Waals surface area contributed by atoms with Crippen LogP contribution in [0.3, 0.4) is 0 Å². The van der Waals surface area contributed by atoms with Crippen LogP contribution in [-0.2, 0) is 11.2 Å². The third kappa shape index (κ3) is 3.24. The molecule has 0 saturated heterocycles. The van der Waals surface area contributed by atoms with Gasteiger partial charge < -0.3 is 10.1 Å². The van der Waals surface area contributed by atoms with Crippen LogP contribution in [-0.4, -0.2) is 18.0 Å². The SMILES string of the molecule is COC(=O)c1ccc2c(c1)CC(C)(C)C(c1ccc(Cl)c([N+](=O)[O-])c1)N2. The van der Waals surface area contributed by atoms with E-state index >= 15 is 0 Å². The molecule has 0 saturated carbocycles. The van der Waals surface area contributed by atoms with E-state index in [-0.39, 0.29) is 28.1 Å². The molecule has 0 amide bonds. The summed E-state index contributed by atoms with van der Waals surface area (Å²) >= 11 is 5.94. The Morgan fingerprint density at radius 2 is 2.04 bits per heavy atom. The molecule has 7 heteroatoms. The summed E-state index contributed by atoms with van der Waals surface area (Å²) in [5, 5.41) is 14.8. The van der Waals surface area contributed by atoms with Gasteiger partial charge in [0.2, 0.25) is 0 Å². The molecular weight excluding hydrogens is 356 g/mol. The van der Waals surface area contributed by atoms with Gasteiger partial charge >= 0.3 is 5.97 Å². The van der Waals surface area contributed by atoms with Gasteiger partial charge in [0.25, 0.3) is 5.69 Å². The zero-order chi connectivity index (χ0) is 19.1. The molecule has 1 heterocycles. The average Bonchev–Trinajstić information content (AvgIpc) is 2.59. The molecule has 0 bridgehead atoms. The zero-order valence-corrected chi connectivity index (χ0v) is 15.5. The molecule has 2 aromatic carbocycles. The lowest BCUT2D eigenvalue weighted by Gasteiger charge is -2.41. The maximum Gasteiger partial charge on any atom is 0.337 e. The van der Waals surface area contributed by atoms with Crippen LogP contribution in [0.25, 0.3) is 0 Å². The summed E-state index contributed by atoms with van der Waals surface area (Å²) in [5.74, 6) is -0.374. The molecule has 6 nitrogen and oxygen atoms in total. The van der Waals surface area contributed by atoms with Crippen molar-refractivity contribution in [1.82, 2.24) is 0 Å². The van der Waals surface area contributed by atoms with Crippen LogP contribution < -0.4 is 5.32 Å². The number of carbonyl (C=O) groups is 1. The molecule has 0 spiro atoms. The number of hydrogen-bond acceptors (Lipinski definition) is 5. The Kier molecular flexibility index (Phi) is 4.63. The summed E-state index contributed by atoms with van der Waals surface area (Å²) in [7, 11) is 1.35. The standard InChI is InChI=1S/C19H19ClN2O4/c1-19(2)10-13-8-12(18(23)26-3)5-7-15(13)21-17(19)11-4-6-14(20)16(9-11)22(24)25/h4-9,17,21H,10H2,1-3H3. The van der Waals surface area contributed by atoms with Gasteiger partial charge in [0.15, 0.2) is 0 Å². The molecule has 3 rings (SSSR count). The maximum atomic E-state index is 11.8. The molecule has 2 aromatic rings. The predicted octanol–water partition coefficient (Wildman–Crippen LogP) is 4.77. The Morgan fingerprint density at radius 1 is 1.31 bits per heavy atom. The summed E-state index contributed by atoms with van der Waals surface area (Å²) < 4.78 is 4.78. The van der Waals surface area contributed by atoms with Crippen molar-refractivity contribution in [3.05, 3.63) is 68.2 Å². The number of carbonyl (C=O) groups excluding carboxylic acids is 1. The van der Waals surface area contributed by atoms with E-state index < -0.39 is 4.92 Å². The van der Waals surface area contributed by atoms with E-state index in [1.165, 1.54) is 13.2 Å². The van der Waals surface area contributed by atoms with Gasteiger partial charge in [-0.2, -0.15) is 0 Å². The van der Waals surface area contributed by atoms with Crippen molar-refractivity contribution in [3.8, 4) is 0 Å². The van der Waals surface area contributed by atoms with Gasteiger partial charge in [0.05, 0.1) is 23.6 Å². The van der Waals surface area contributed by atoms with Crippen LogP contribution in [0.5, 0.6) is 0 Å². The first-order chi connectivity index (χ1) is 12.2. The minimum atomic E-state index is -0.474. The maximum absolute atomic E-state index is 11.8. The number of halogens is 1. The van der Waals surface area contributed by atoms with Crippen molar-refractivity contribution < 1.29 is 14.5 Å². The third-order valence-corrected chi connectivity index (χ3v) is 5.07. The normalized spacial score (nSPS) is 17.8. The van der Waals surface area contributed by atoms with E-state index in [4.69, 9.17) is 16.3 Å². The molecule has 0 radical (unpaired) electrons. The Hall–Kier alpha value is -2.60. The second-order valence-corrected chi connectivity index (χ2v) is 7.48. The molecule has 1 atom stereocenters. The highest BCUT2D eigenvalue weighted by Crippen LogP contribution is 2.46. The number of fused-ring (bicyclic) bond motifs is 1. The molecule has 1 N–H and O–H groups in total. The van der Waals surface area contributed by atoms with E-state index in [1.54, 1.807) is 12.1 Å². The predicted molar refractivity (Wildman–Crippen MR) is 99.7 cm³/mol. The lowest BCUT2D eigenvalue weighted by Crippen LogP contribution is -2.35. The highest BCUT2D eigenvalue weighted by atomic mass is 35.5. The second-order valence-electron chi connectivity index (χ2n) is 7.07. The molecule has 0 aliphatic carbocycles. The molecule has 1 unspecified atom stereocenters. The highest BCUT2D eigenvalue weighted by molar-refractivity contribution is 6.32. The topological polar surface area (TPSA) is 81.5 Å². The Morgan fingerprint density at radius 3 is 2.69 bits per heavy atom. The van der Waals surface area contributed by atoms with Gasteiger partial charge in [-0.25, -0.2) is 4.79 Å². The second kappa shape index (κ2) is 6.61. The number of nitrogens with one attached hydrogen (secondary N) is 1. The molecule has 1 aliphatic rings. The number of ether oxygens (including phenoxy) is 1. The summed E-state index contributed by atoms with van der Waals surface area (Å²) in [4.78, 5) is 22.5. The van der Waals surface area contributed by atoms with Gasteiger partial charge in [-0.15, -0.1) is 0 Å². The molecule has 0 fully saturated rings. The number of nitrogens with zero attached hydrogens (tertiary/aromatic N) is 1. The first kappa shape index (κ1) is 18.2. The van der Waals surface area contributed by atoms with Crippen LogP contribution in [0.1, 0.15) is 41.4 Å². The molecule has 26 heavy (non-hydrogen) atoms. The van der Waals surface area contributed by atoms with Gasteiger partial charge in [-0.3, -0.25) is 10.1 Å². The minimum absolute atomic E-state index is 0.103. The number of nitro groups is 1. The summed E-state index contributed by atoms with van der Waals surface area (Å²) in [6.07, 6.45) is 0.710. The van der Waals surface area contributed by atoms with Crippen LogP contribution in [0.2, 0.25) is 5.02 Å². The number of rotatable bonds is 3. The molecule has 1 aliphatic heterocycles. The lowest BCUT2D eigenvalue weighted by molar-refractivity contribution is -0.384. The fourth-order valence-corrected chi connectivity index (χ4v) is 3.64. The summed E-state index contributed by atoms with van der Waals surface area (Å²) in [6.45, 7) is 4.16. The monoisotopic (exact) mass is 374 g/mol. The fourth-order valence-electron chi connectivity index (χ4n) is 3.45. The van der Waals surface area contributed by atoms with Crippen molar-refractivity contribution in [2.45, 2.75) is 26.3 Å². The largest absolute Gasteiger partial charge is 0.465 e. The highest BCUT2D eigenvalue weighted by Gasteiger charge is 2.37. The van der Waals surface area contributed by atoms with Crippen LogP contribution in [0.15, 0.2) is 36.4 Å². The first-order valence-electron chi connectivity index (χ1n) is 8.14. The van der Waals surface area contributed by atoms with Crippen molar-refractivity contribution in [2.75, 3.05) is 12.4 Å². The van der Waals surface area contributed by atoms with Crippen LogP contribution in [0, 0.1) is 15.5 Å². The van der Waals surface area contributed by atoms with Crippen molar-refractivity contribution >= 4 is 28.9 Å². The van der Waals surface area contributed by atoms with Crippen molar-refractivity contribution in [3.63, 3.8) is 0 Å². The van der Waals surface area contributed by atoms with Gasteiger partial charge in [0, 0.05) is 11.8 Å². The summed E-state index contributed by atoms with van der Waals surface area (Å²) in [6, 6.07) is 10.1. The summed E-state index contributed by atoms with van der Waals surface area (Å²) in [5.41, 5.74) is 2.88. The van der Waals surface area contributed by atoms with Crippen molar-refractivity contribution in [2.24, 2.45) is 5.41 Å². The smallest absolute Gasteiger partial charge is 0.337 e. The van der Waals surface area contributed by atoms with E-state index in [1.807, 2.05) is 18.2 Å². The molecule has 0 aromatic heterocycles. The quantitative estimate of drug-likeness (QED) is 0.475. The fraction of sp³-hybridized carbons (Fsp3) is 0.316. The van der Waals surface area contributed by atoms with Gasteiger partial charge in [-0.1, -0.05) is 31.5 Å². The number of hydrogen-bond donors (Lipinski definition) is 1. The van der Waals surface area contributed by atoms with E-state index in [0.29, 0.717) is 12.0 Å². The number of nitro benzene ring substituents is 1. The van der Waals surface area contributed by atoms with Crippen molar-refractivity contribution in [1.29, 1.82) is 0 Å². The number of benzene rings is 2. The number of esters is 1. The van der Waals surface area contributed by atoms with E-state index in [9.17, 15) is 14.9 Å². The van der Waals surface area contributed by atoms with E-state index in [2.05, 4.69) is 19.2 Å². The van der Waals surface area contributed by atoms with E-state index in [0.717, 1.165) is 16.8 Å². The Bertz CT molecular complexity index is 895. The zero-order valence-electron chi connectivity index (χ0n) is 14.7. The minimum Gasteiger partial charge on any atom is -0.465 e. The number of anilines is 1. The molecule has 136 valence electrons. The first-order valence-corrected chi connectivity index (χ1v) is 8.52. The molecular formula is C19H19ClN2O4. The number of methoxy groups -OCH3 is 1.